The van der Waals surface area contributed by atoms with E-state index in [1.807, 2.05) is 0 Å². The maximum absolute atomic E-state index is 7.26. The van der Waals surface area contributed by atoms with Crippen LogP contribution in [0.15, 0.2) is 0 Å². The predicted molar refractivity (Wildman–Crippen MR) is 24.8 cm³/mol. The monoisotopic (exact) mass is 335 g/mol. The second kappa shape index (κ2) is 42.4. The standard InChI is InChI=1S/CHNSe.2CH4.Au/c2-1-3;;;/h3H;2*1H4;/q;;;+1/p-1. The van der Waals surface area contributed by atoms with Gasteiger partial charge in [0.25, 0.3) is 0 Å². The molecule has 0 fully saturated rings. The van der Waals surface area contributed by atoms with Gasteiger partial charge in [-0.25, -0.2) is 0 Å². The smallest absolute Gasteiger partial charge is 1.00 e. The molecule has 0 radical (unpaired) electrons. The molecule has 3 heteroatoms. The van der Waals surface area contributed by atoms with Gasteiger partial charge in [-0.2, -0.15) is 0 Å². The molecule has 0 unspecified atom stereocenters. The molecule has 0 aliphatic heterocycles. The van der Waals surface area contributed by atoms with Gasteiger partial charge in [0.15, 0.2) is 0 Å². The summed E-state index contributed by atoms with van der Waals surface area (Å²) in [6, 6.07) is 0. The Kier molecular flexibility index (Phi) is 208. The molecule has 0 saturated heterocycles. The van der Waals surface area contributed by atoms with Crippen LogP contribution in [0.1, 0.15) is 14.9 Å². The molecule has 0 aromatic rings. The van der Waals surface area contributed by atoms with Crippen molar-refractivity contribution in [3.05, 3.63) is 0 Å². The Morgan fingerprint density at radius 1 is 1.33 bits per heavy atom. The van der Waals surface area contributed by atoms with E-state index in [4.69, 9.17) is 5.26 Å². The van der Waals surface area contributed by atoms with Crippen LogP contribution >= 0.6 is 0 Å². The number of nitriles is 1. The molecule has 0 bridgehead atoms. The van der Waals surface area contributed by atoms with Crippen LogP contribution in [0.25, 0.3) is 0 Å². The van der Waals surface area contributed by atoms with E-state index in [1.165, 1.54) is 0 Å². The molecule has 0 N–H and O–H groups in total. The van der Waals surface area contributed by atoms with Crippen LogP contribution < -0.4 is 0 Å². The molecule has 0 aliphatic rings. The molecule has 42 valence electrons. The fourth-order valence-corrected chi connectivity index (χ4v) is 0. The van der Waals surface area contributed by atoms with E-state index in [0.29, 0.717) is 0 Å². The first kappa shape index (κ1) is 29.5. The van der Waals surface area contributed by atoms with Crippen LogP contribution in [0, 0.1) is 10.2 Å². The summed E-state index contributed by atoms with van der Waals surface area (Å²) in [6.07, 6.45) is 0. The first-order valence-corrected chi connectivity index (χ1v) is 1.28. The van der Waals surface area contributed by atoms with Crippen LogP contribution in [0.4, 0.5) is 0 Å². The van der Waals surface area contributed by atoms with Gasteiger partial charge in [-0.1, -0.05) is 14.9 Å². The minimum Gasteiger partial charge on any atom is 1.00 e. The normalized spacial score (nSPS) is 1.17. The number of nitrogens with zero attached hydrogens (tertiary/aromatic N) is 1. The van der Waals surface area contributed by atoms with Gasteiger partial charge in [-0.3, -0.25) is 0 Å². The molecule has 0 spiro atoms. The van der Waals surface area contributed by atoms with Crippen LogP contribution in [0.2, 0.25) is 0 Å². The summed E-state index contributed by atoms with van der Waals surface area (Å²) >= 11 is 2.11. The Balaban J connectivity index is -0.00000000667. The molecule has 0 amide bonds. The summed E-state index contributed by atoms with van der Waals surface area (Å²) < 4.78 is 0. The quantitative estimate of drug-likeness (QED) is 0.604. The Morgan fingerprint density at radius 3 is 1.33 bits per heavy atom. The van der Waals surface area contributed by atoms with E-state index in [1.54, 1.807) is 4.97 Å². The van der Waals surface area contributed by atoms with Gasteiger partial charge in [-0.05, 0) is 0 Å². The van der Waals surface area contributed by atoms with Crippen LogP contribution in [0.3, 0.4) is 0 Å². The van der Waals surface area contributed by atoms with Crippen molar-refractivity contribution in [2.24, 2.45) is 0 Å². The summed E-state index contributed by atoms with van der Waals surface area (Å²) in [5, 5.41) is 7.26. The van der Waals surface area contributed by atoms with Gasteiger partial charge >= 0.3 is 48.6 Å². The van der Waals surface area contributed by atoms with E-state index in [-0.39, 0.29) is 37.2 Å². The van der Waals surface area contributed by atoms with Crippen molar-refractivity contribution in [3.63, 3.8) is 0 Å². The predicted octanol–water partition coefficient (Wildman–Crippen LogP) is 0.906. The van der Waals surface area contributed by atoms with Crippen LogP contribution in [0.5, 0.6) is 0 Å². The van der Waals surface area contributed by atoms with Gasteiger partial charge in [0.1, 0.15) is 0 Å². The summed E-state index contributed by atoms with van der Waals surface area (Å²) in [5.41, 5.74) is 0. The molecule has 0 rings (SSSR count). The van der Waals surface area contributed by atoms with Crippen molar-refractivity contribution < 1.29 is 22.4 Å². The maximum atomic E-state index is 7.26. The van der Waals surface area contributed by atoms with Gasteiger partial charge in [-0.15, -0.1) is 0 Å². The summed E-state index contributed by atoms with van der Waals surface area (Å²) in [7, 11) is 0. The second-order valence-electron chi connectivity index (χ2n) is 0.0913. The largest absolute Gasteiger partial charge is 1.00 e. The minimum absolute atomic E-state index is 0. The van der Waals surface area contributed by atoms with Crippen molar-refractivity contribution in [1.29, 1.82) is 5.26 Å². The number of hydrogen-bond donors (Lipinski definition) is 0. The third-order valence-corrected chi connectivity index (χ3v) is 0. The van der Waals surface area contributed by atoms with E-state index in [0.717, 1.165) is 0 Å². The second-order valence-corrected chi connectivity index (χ2v) is 0.474. The molecule has 0 saturated carbocycles. The summed E-state index contributed by atoms with van der Waals surface area (Å²) in [5.74, 6) is 0. The zero-order valence-corrected chi connectivity index (χ0v) is 5.54. The minimum atomic E-state index is 0. The fourth-order valence-electron chi connectivity index (χ4n) is 0. The van der Waals surface area contributed by atoms with E-state index < -0.39 is 0 Å². The van der Waals surface area contributed by atoms with Gasteiger partial charge < -0.3 is 0 Å². The molecule has 0 aliphatic carbocycles. The van der Waals surface area contributed by atoms with Crippen molar-refractivity contribution in [2.45, 2.75) is 14.9 Å². The van der Waals surface area contributed by atoms with Crippen LogP contribution in [-0.4, -0.2) is 16.0 Å². The maximum Gasteiger partial charge on any atom is 1.00 e. The van der Waals surface area contributed by atoms with E-state index in [2.05, 4.69) is 16.0 Å². The third-order valence-electron chi connectivity index (χ3n) is 0. The average Bonchev–Trinajstić information content (AvgIpc) is 0.918. The van der Waals surface area contributed by atoms with Gasteiger partial charge in [0.2, 0.25) is 0 Å². The van der Waals surface area contributed by atoms with E-state index in [9.17, 15) is 0 Å². The number of hydrogen-bond acceptors (Lipinski definition) is 1. The van der Waals surface area contributed by atoms with Crippen LogP contribution in [-0.2, 0) is 22.4 Å². The van der Waals surface area contributed by atoms with Gasteiger partial charge in [0.05, 0.1) is 0 Å². The zero-order valence-electron chi connectivity index (χ0n) is 1.66. The topological polar surface area (TPSA) is 23.8 Å². The fraction of sp³-hybridized carbons (Fsp3) is 0.667. The SMILES string of the molecule is C.C.N#C[Se-].[Au+]. The van der Waals surface area contributed by atoms with Crippen molar-refractivity contribution in [3.8, 4) is 4.97 Å². The number of rotatable bonds is 0. The van der Waals surface area contributed by atoms with Gasteiger partial charge in [0, 0.05) is 0 Å². The van der Waals surface area contributed by atoms with Crippen molar-refractivity contribution >= 4 is 16.0 Å². The molecule has 0 aromatic heterocycles. The molecule has 0 atom stereocenters. The Morgan fingerprint density at radius 2 is 1.33 bits per heavy atom. The van der Waals surface area contributed by atoms with Crippen molar-refractivity contribution in [1.82, 2.24) is 0 Å². The summed E-state index contributed by atoms with van der Waals surface area (Å²) in [4.78, 5) is 1.62. The molecule has 0 aromatic carbocycles. The average molecular weight is 334 g/mol. The molecular formula is C3H8AuNSe. The molecule has 0 heterocycles. The first-order valence-electron chi connectivity index (χ1n) is 0.428. The third kappa shape index (κ3) is 119. The van der Waals surface area contributed by atoms with Crippen molar-refractivity contribution in [2.75, 3.05) is 0 Å². The molecular weight excluding hydrogens is 326 g/mol. The zero-order chi connectivity index (χ0) is 2.71. The summed E-state index contributed by atoms with van der Waals surface area (Å²) in [6.45, 7) is 0. The van der Waals surface area contributed by atoms with E-state index >= 15 is 0 Å². The Labute approximate surface area is 63.4 Å². The first-order chi connectivity index (χ1) is 1.41. The Hall–Kier alpha value is 0.750. The molecule has 1 nitrogen and oxygen atoms in total. The Bertz CT molecular complexity index is 32.3. The molecule has 6 heavy (non-hydrogen) atoms.